The molecule has 3 rings (SSSR count). The Balaban J connectivity index is 0.00000100. The number of aliphatic hydroxyl groups excluding tert-OH is 1. The molecular weight excluding hydrogens is 302 g/mol. The third-order valence-electron chi connectivity index (χ3n) is 4.12. The van der Waals surface area contributed by atoms with Crippen molar-refractivity contribution >= 4 is 5.57 Å². The Labute approximate surface area is 143 Å². The number of nitrogens with zero attached hydrogens (tertiary/aromatic N) is 1. The molecule has 1 heterocycles. The van der Waals surface area contributed by atoms with Gasteiger partial charge in [-0.25, -0.2) is 4.98 Å². The molecule has 128 valence electrons. The number of ether oxygens (including phenoxy) is 2. The number of hydrogen-bond acceptors (Lipinski definition) is 4. The number of methoxy groups -OCH3 is 1. The predicted molar refractivity (Wildman–Crippen MR) is 96.4 cm³/mol. The zero-order chi connectivity index (χ0) is 17.4. The van der Waals surface area contributed by atoms with Gasteiger partial charge in [-0.2, -0.15) is 0 Å². The summed E-state index contributed by atoms with van der Waals surface area (Å²) in [4.78, 5) is 4.31. The van der Waals surface area contributed by atoms with Crippen LogP contribution in [0.25, 0.3) is 5.57 Å². The predicted octanol–water partition coefficient (Wildman–Crippen LogP) is 4.02. The van der Waals surface area contributed by atoms with Gasteiger partial charge in [0.2, 0.25) is 5.88 Å². The molecular formula is C20H25NO3. The molecule has 4 nitrogen and oxygen atoms in total. The first kappa shape index (κ1) is 18.0. The smallest absolute Gasteiger partial charge is 0.220 e. The second-order valence-corrected chi connectivity index (χ2v) is 5.55. The van der Waals surface area contributed by atoms with E-state index in [0.717, 1.165) is 31.3 Å². The van der Waals surface area contributed by atoms with Crippen LogP contribution >= 0.6 is 0 Å². The monoisotopic (exact) mass is 327 g/mol. The number of aliphatic hydroxyl groups is 1. The van der Waals surface area contributed by atoms with Crippen molar-refractivity contribution in [2.24, 2.45) is 0 Å². The zero-order valence-corrected chi connectivity index (χ0v) is 14.6. The molecule has 1 aromatic carbocycles. The molecule has 1 N–H and O–H groups in total. The van der Waals surface area contributed by atoms with E-state index in [1.165, 1.54) is 23.1 Å². The Bertz CT molecular complexity index is 695. The van der Waals surface area contributed by atoms with E-state index in [2.05, 4.69) is 24.0 Å². The first-order chi connectivity index (χ1) is 11.8. The molecule has 0 amide bonds. The summed E-state index contributed by atoms with van der Waals surface area (Å²) in [7, 11) is 2.67. The van der Waals surface area contributed by atoms with Crippen molar-refractivity contribution in [3.63, 3.8) is 0 Å². The fourth-order valence-corrected chi connectivity index (χ4v) is 2.96. The van der Waals surface area contributed by atoms with Crippen LogP contribution in [0, 0.1) is 6.92 Å². The Morgan fingerprint density at radius 3 is 2.62 bits per heavy atom. The van der Waals surface area contributed by atoms with Gasteiger partial charge in [-0.3, -0.25) is 0 Å². The Morgan fingerprint density at radius 1 is 1.08 bits per heavy atom. The molecule has 0 unspecified atom stereocenters. The zero-order valence-electron chi connectivity index (χ0n) is 14.6. The van der Waals surface area contributed by atoms with E-state index in [-0.39, 0.29) is 0 Å². The van der Waals surface area contributed by atoms with Crippen molar-refractivity contribution in [3.8, 4) is 11.6 Å². The fourth-order valence-electron chi connectivity index (χ4n) is 2.96. The van der Waals surface area contributed by atoms with Crippen molar-refractivity contribution in [1.29, 1.82) is 0 Å². The van der Waals surface area contributed by atoms with Crippen LogP contribution in [-0.4, -0.2) is 30.9 Å². The standard InChI is InChI=1S/C19H21NO2.CH4O/c1-14-7-3-4-11-18(14)22-13-15-8-5-9-16(15)17-10-6-12-20-19(17)21-2;1-2/h3-4,6-7,10-12H,5,8-9,13H2,1-2H3;2H,1H3. The summed E-state index contributed by atoms with van der Waals surface area (Å²) < 4.78 is 11.4. The first-order valence-electron chi connectivity index (χ1n) is 8.13. The molecule has 0 bridgehead atoms. The van der Waals surface area contributed by atoms with Gasteiger partial charge in [-0.05, 0) is 61.1 Å². The lowest BCUT2D eigenvalue weighted by molar-refractivity contribution is 0.347. The minimum absolute atomic E-state index is 0.637. The highest BCUT2D eigenvalue weighted by Gasteiger charge is 2.20. The van der Waals surface area contributed by atoms with Crippen LogP contribution in [0.2, 0.25) is 0 Å². The lowest BCUT2D eigenvalue weighted by atomic mass is 10.0. The number of hydrogen-bond donors (Lipinski definition) is 1. The number of rotatable bonds is 5. The highest BCUT2D eigenvalue weighted by atomic mass is 16.5. The maximum Gasteiger partial charge on any atom is 0.220 e. The summed E-state index contributed by atoms with van der Waals surface area (Å²) in [6, 6.07) is 12.2. The average molecular weight is 327 g/mol. The minimum atomic E-state index is 0.637. The van der Waals surface area contributed by atoms with Gasteiger partial charge in [-0.1, -0.05) is 18.2 Å². The summed E-state index contributed by atoms with van der Waals surface area (Å²) in [6.45, 7) is 2.71. The largest absolute Gasteiger partial charge is 0.489 e. The summed E-state index contributed by atoms with van der Waals surface area (Å²) in [6.07, 6.45) is 5.08. The molecule has 1 aliphatic carbocycles. The maximum absolute atomic E-state index is 7.00. The minimum Gasteiger partial charge on any atom is -0.489 e. The van der Waals surface area contributed by atoms with Gasteiger partial charge in [-0.15, -0.1) is 0 Å². The number of pyridine rings is 1. The summed E-state index contributed by atoms with van der Waals surface area (Å²) in [5.41, 5.74) is 4.96. The topological polar surface area (TPSA) is 51.6 Å². The van der Waals surface area contributed by atoms with Gasteiger partial charge in [0, 0.05) is 18.9 Å². The normalized spacial score (nSPS) is 13.3. The van der Waals surface area contributed by atoms with E-state index >= 15 is 0 Å². The number of para-hydroxylation sites is 1. The lowest BCUT2D eigenvalue weighted by Crippen LogP contribution is -2.03. The molecule has 1 aliphatic rings. The van der Waals surface area contributed by atoms with E-state index in [4.69, 9.17) is 14.6 Å². The molecule has 2 aromatic rings. The van der Waals surface area contributed by atoms with Gasteiger partial charge in [0.25, 0.3) is 0 Å². The van der Waals surface area contributed by atoms with Crippen LogP contribution in [0.4, 0.5) is 0 Å². The summed E-state index contributed by atoms with van der Waals surface area (Å²) in [5, 5.41) is 7.00. The van der Waals surface area contributed by atoms with Gasteiger partial charge < -0.3 is 14.6 Å². The van der Waals surface area contributed by atoms with Gasteiger partial charge in [0.15, 0.2) is 0 Å². The van der Waals surface area contributed by atoms with Crippen molar-refractivity contribution in [2.45, 2.75) is 26.2 Å². The van der Waals surface area contributed by atoms with E-state index in [9.17, 15) is 0 Å². The van der Waals surface area contributed by atoms with Crippen LogP contribution in [-0.2, 0) is 0 Å². The third kappa shape index (κ3) is 4.15. The molecule has 0 saturated carbocycles. The summed E-state index contributed by atoms with van der Waals surface area (Å²) in [5.74, 6) is 1.66. The molecule has 0 fully saturated rings. The van der Waals surface area contributed by atoms with Gasteiger partial charge in [0.05, 0.1) is 7.11 Å². The van der Waals surface area contributed by atoms with E-state index in [1.807, 2.05) is 24.3 Å². The van der Waals surface area contributed by atoms with Crippen LogP contribution < -0.4 is 9.47 Å². The van der Waals surface area contributed by atoms with Crippen LogP contribution in [0.5, 0.6) is 11.6 Å². The van der Waals surface area contributed by atoms with E-state index < -0.39 is 0 Å². The van der Waals surface area contributed by atoms with Crippen molar-refractivity contribution < 1.29 is 14.6 Å². The highest BCUT2D eigenvalue weighted by molar-refractivity contribution is 5.73. The van der Waals surface area contributed by atoms with Crippen LogP contribution in [0.1, 0.15) is 30.4 Å². The van der Waals surface area contributed by atoms with Crippen molar-refractivity contribution in [3.05, 3.63) is 59.3 Å². The fraction of sp³-hybridized carbons (Fsp3) is 0.350. The molecule has 1 aromatic heterocycles. The average Bonchev–Trinajstić information content (AvgIpc) is 3.11. The number of aromatic nitrogens is 1. The molecule has 4 heteroatoms. The third-order valence-corrected chi connectivity index (χ3v) is 4.12. The Morgan fingerprint density at radius 2 is 1.88 bits per heavy atom. The Kier molecular flexibility index (Phi) is 6.82. The quantitative estimate of drug-likeness (QED) is 0.901. The maximum atomic E-state index is 7.00. The molecule has 24 heavy (non-hydrogen) atoms. The second-order valence-electron chi connectivity index (χ2n) is 5.55. The highest BCUT2D eigenvalue weighted by Crippen LogP contribution is 2.37. The molecule has 0 atom stereocenters. The van der Waals surface area contributed by atoms with Crippen LogP contribution in [0.3, 0.4) is 0 Å². The summed E-state index contributed by atoms with van der Waals surface area (Å²) >= 11 is 0. The second kappa shape index (κ2) is 9.08. The van der Waals surface area contributed by atoms with Gasteiger partial charge >= 0.3 is 0 Å². The Hall–Kier alpha value is -2.33. The number of benzene rings is 1. The molecule has 0 saturated heterocycles. The first-order valence-corrected chi connectivity index (χ1v) is 8.13. The van der Waals surface area contributed by atoms with Crippen LogP contribution in [0.15, 0.2) is 48.2 Å². The van der Waals surface area contributed by atoms with Gasteiger partial charge in [0.1, 0.15) is 12.4 Å². The van der Waals surface area contributed by atoms with Crippen molar-refractivity contribution in [1.82, 2.24) is 4.98 Å². The molecule has 0 aliphatic heterocycles. The van der Waals surface area contributed by atoms with E-state index in [0.29, 0.717) is 12.5 Å². The number of allylic oxidation sites excluding steroid dienone is 1. The lowest BCUT2D eigenvalue weighted by Gasteiger charge is -2.13. The SMILES string of the molecule is CO.COc1ncccc1C1=C(COc2ccccc2C)CCC1. The van der Waals surface area contributed by atoms with E-state index in [1.54, 1.807) is 13.3 Å². The molecule has 0 radical (unpaired) electrons. The molecule has 0 spiro atoms. The van der Waals surface area contributed by atoms with Crippen molar-refractivity contribution in [2.75, 3.05) is 20.8 Å². The number of aryl methyl sites for hydroxylation is 1.